The number of nitrogens with zero attached hydrogens (tertiary/aromatic N) is 1. The third kappa shape index (κ3) is 4.54. The number of thioether (sulfide) groups is 1. The molecule has 0 fully saturated rings. The second-order valence-electron chi connectivity index (χ2n) is 6.90. The molecule has 1 N–H and O–H groups in total. The fraction of sp³-hybridized carbons (Fsp3) is 0.217. The summed E-state index contributed by atoms with van der Waals surface area (Å²) in [4.78, 5) is 27.6. The van der Waals surface area contributed by atoms with Crippen molar-refractivity contribution in [3.8, 4) is 0 Å². The van der Waals surface area contributed by atoms with Gasteiger partial charge in [-0.3, -0.25) is 9.59 Å². The highest BCUT2D eigenvalue weighted by molar-refractivity contribution is 7.98. The van der Waals surface area contributed by atoms with Crippen LogP contribution in [0.2, 0.25) is 0 Å². The average Bonchev–Trinajstić information content (AvgIpc) is 3.39. The monoisotopic (exact) mass is 406 g/mol. The van der Waals surface area contributed by atoms with Crippen molar-refractivity contribution in [3.05, 3.63) is 95.4 Å². The fourth-order valence-corrected chi connectivity index (χ4v) is 4.50. The van der Waals surface area contributed by atoms with Crippen LogP contribution in [-0.2, 0) is 23.6 Å². The number of furan rings is 1. The minimum Gasteiger partial charge on any atom is -0.467 e. The Hall–Kier alpha value is -2.99. The largest absolute Gasteiger partial charge is 0.467 e. The lowest BCUT2D eigenvalue weighted by atomic mass is 10.1. The highest BCUT2D eigenvalue weighted by atomic mass is 32.2. The van der Waals surface area contributed by atoms with E-state index in [1.165, 1.54) is 5.56 Å². The first-order valence-electron chi connectivity index (χ1n) is 9.53. The number of hydrogen-bond donors (Lipinski definition) is 1. The van der Waals surface area contributed by atoms with E-state index < -0.39 is 6.04 Å². The zero-order valence-electron chi connectivity index (χ0n) is 15.9. The molecule has 2 heterocycles. The lowest BCUT2D eigenvalue weighted by Gasteiger charge is -2.26. The van der Waals surface area contributed by atoms with Crippen LogP contribution in [0.1, 0.15) is 27.2 Å². The molecule has 0 aliphatic carbocycles. The van der Waals surface area contributed by atoms with Crippen LogP contribution in [0.4, 0.5) is 0 Å². The molecule has 148 valence electrons. The van der Waals surface area contributed by atoms with E-state index in [0.29, 0.717) is 30.2 Å². The van der Waals surface area contributed by atoms with Gasteiger partial charge in [0, 0.05) is 23.6 Å². The van der Waals surface area contributed by atoms with Crippen molar-refractivity contribution in [2.45, 2.75) is 24.9 Å². The second-order valence-corrected chi connectivity index (χ2v) is 7.93. The molecule has 0 saturated carbocycles. The van der Waals surface area contributed by atoms with Gasteiger partial charge < -0.3 is 14.6 Å². The van der Waals surface area contributed by atoms with Gasteiger partial charge in [-0.15, -0.1) is 0 Å². The zero-order chi connectivity index (χ0) is 20.1. The number of amides is 2. The van der Waals surface area contributed by atoms with E-state index in [1.807, 2.05) is 48.5 Å². The van der Waals surface area contributed by atoms with E-state index in [-0.39, 0.29) is 11.8 Å². The Balaban J connectivity index is 1.46. The number of carbonyl (C=O) groups excluding carboxylic acids is 2. The minimum absolute atomic E-state index is 0.0842. The number of rotatable bonds is 8. The summed E-state index contributed by atoms with van der Waals surface area (Å²) in [7, 11) is 0. The van der Waals surface area contributed by atoms with Gasteiger partial charge in [-0.2, -0.15) is 11.8 Å². The van der Waals surface area contributed by atoms with Gasteiger partial charge in [0.1, 0.15) is 11.8 Å². The van der Waals surface area contributed by atoms with Crippen LogP contribution in [0.15, 0.2) is 77.4 Å². The van der Waals surface area contributed by atoms with Crippen molar-refractivity contribution in [2.24, 2.45) is 0 Å². The molecule has 2 aromatic carbocycles. The van der Waals surface area contributed by atoms with Gasteiger partial charge in [-0.25, -0.2) is 0 Å². The summed E-state index contributed by atoms with van der Waals surface area (Å²) in [6, 6.07) is 20.7. The molecule has 1 unspecified atom stereocenters. The van der Waals surface area contributed by atoms with Gasteiger partial charge >= 0.3 is 0 Å². The summed E-state index contributed by atoms with van der Waals surface area (Å²) in [5.74, 6) is 1.75. The molecule has 5 nitrogen and oxygen atoms in total. The van der Waals surface area contributed by atoms with Gasteiger partial charge in [0.2, 0.25) is 5.91 Å². The predicted molar refractivity (Wildman–Crippen MR) is 113 cm³/mol. The van der Waals surface area contributed by atoms with Crippen LogP contribution in [0.25, 0.3) is 0 Å². The second kappa shape index (κ2) is 9.01. The van der Waals surface area contributed by atoms with Crippen LogP contribution in [0.5, 0.6) is 0 Å². The van der Waals surface area contributed by atoms with Crippen LogP contribution < -0.4 is 5.32 Å². The van der Waals surface area contributed by atoms with E-state index in [9.17, 15) is 9.59 Å². The zero-order valence-corrected chi connectivity index (χ0v) is 16.7. The Morgan fingerprint density at radius 3 is 2.62 bits per heavy atom. The van der Waals surface area contributed by atoms with Crippen molar-refractivity contribution in [1.82, 2.24) is 10.2 Å². The number of benzene rings is 2. The summed E-state index contributed by atoms with van der Waals surface area (Å²) in [6.07, 6.45) is 1.58. The van der Waals surface area contributed by atoms with E-state index in [2.05, 4.69) is 17.4 Å². The van der Waals surface area contributed by atoms with E-state index in [4.69, 9.17) is 4.42 Å². The van der Waals surface area contributed by atoms with E-state index in [0.717, 1.165) is 11.3 Å². The van der Waals surface area contributed by atoms with E-state index >= 15 is 0 Å². The predicted octanol–water partition coefficient (Wildman–Crippen LogP) is 3.85. The highest BCUT2D eigenvalue weighted by Crippen LogP contribution is 2.26. The molecule has 1 aliphatic heterocycles. The minimum atomic E-state index is -0.543. The van der Waals surface area contributed by atoms with Gasteiger partial charge in [-0.05, 0) is 29.3 Å². The Kier molecular flexibility index (Phi) is 6.00. The quantitative estimate of drug-likeness (QED) is 0.617. The van der Waals surface area contributed by atoms with Crippen LogP contribution in [0, 0.1) is 0 Å². The Bertz CT molecular complexity index is 973. The number of fused-ring (bicyclic) bond motifs is 1. The molecule has 6 heteroatoms. The SMILES string of the molecule is O=C(NCc1ccco1)C(CSCc1ccccc1)N1Cc2ccccc2C1=O. The first kappa shape index (κ1) is 19.3. The lowest BCUT2D eigenvalue weighted by molar-refractivity contribution is -0.125. The van der Waals surface area contributed by atoms with Crippen molar-refractivity contribution in [1.29, 1.82) is 0 Å². The van der Waals surface area contributed by atoms with Gasteiger partial charge in [0.05, 0.1) is 12.8 Å². The molecule has 0 spiro atoms. The summed E-state index contributed by atoms with van der Waals surface area (Å²) in [5.41, 5.74) is 2.85. The number of nitrogens with one attached hydrogen (secondary N) is 1. The van der Waals surface area contributed by atoms with Crippen molar-refractivity contribution < 1.29 is 14.0 Å². The number of hydrogen-bond acceptors (Lipinski definition) is 4. The van der Waals surface area contributed by atoms with Crippen LogP contribution in [0.3, 0.4) is 0 Å². The van der Waals surface area contributed by atoms with Gasteiger partial charge in [0.25, 0.3) is 5.91 Å². The summed E-state index contributed by atoms with van der Waals surface area (Å²) >= 11 is 1.66. The van der Waals surface area contributed by atoms with Gasteiger partial charge in [-0.1, -0.05) is 48.5 Å². The molecular weight excluding hydrogens is 384 g/mol. The molecule has 0 bridgehead atoms. The highest BCUT2D eigenvalue weighted by Gasteiger charge is 2.36. The third-order valence-electron chi connectivity index (χ3n) is 4.93. The smallest absolute Gasteiger partial charge is 0.255 e. The molecule has 3 aromatic rings. The lowest BCUT2D eigenvalue weighted by Crippen LogP contribution is -2.48. The molecule has 0 radical (unpaired) electrons. The molecular formula is C23H22N2O3S. The normalized spacial score (nSPS) is 13.9. The maximum absolute atomic E-state index is 13.0. The third-order valence-corrected chi connectivity index (χ3v) is 6.02. The molecule has 1 aromatic heterocycles. The first-order valence-corrected chi connectivity index (χ1v) is 10.7. The average molecular weight is 407 g/mol. The summed E-state index contributed by atoms with van der Waals surface area (Å²) in [5, 5.41) is 2.92. The molecule has 1 aliphatic rings. The summed E-state index contributed by atoms with van der Waals surface area (Å²) < 4.78 is 5.30. The topological polar surface area (TPSA) is 62.6 Å². The molecule has 0 saturated heterocycles. The molecule has 29 heavy (non-hydrogen) atoms. The maximum Gasteiger partial charge on any atom is 0.255 e. The van der Waals surface area contributed by atoms with Crippen molar-refractivity contribution in [2.75, 3.05) is 5.75 Å². The Morgan fingerprint density at radius 2 is 1.86 bits per heavy atom. The van der Waals surface area contributed by atoms with Gasteiger partial charge in [0.15, 0.2) is 0 Å². The number of carbonyl (C=O) groups is 2. The molecule has 1 atom stereocenters. The van der Waals surface area contributed by atoms with Crippen molar-refractivity contribution in [3.63, 3.8) is 0 Å². The van der Waals surface area contributed by atoms with Crippen LogP contribution in [-0.4, -0.2) is 28.5 Å². The van der Waals surface area contributed by atoms with Crippen LogP contribution >= 0.6 is 11.8 Å². The Morgan fingerprint density at radius 1 is 1.07 bits per heavy atom. The molecule has 2 amide bonds. The van der Waals surface area contributed by atoms with E-state index in [1.54, 1.807) is 29.0 Å². The molecule has 4 rings (SSSR count). The standard InChI is InChI=1S/C23H22N2O3S/c26-22(24-13-19-10-6-12-28-19)21(16-29-15-17-7-2-1-3-8-17)25-14-18-9-4-5-11-20(18)23(25)27/h1-12,21H,13-16H2,(H,24,26). The fourth-order valence-electron chi connectivity index (χ4n) is 3.40. The van der Waals surface area contributed by atoms with Crippen molar-refractivity contribution >= 4 is 23.6 Å². The maximum atomic E-state index is 13.0. The summed E-state index contributed by atoms with van der Waals surface area (Å²) in [6.45, 7) is 0.764. The Labute approximate surface area is 174 Å². The first-order chi connectivity index (χ1) is 14.2.